The van der Waals surface area contributed by atoms with Gasteiger partial charge in [-0.15, -0.1) is 11.3 Å². The molecule has 88 valence electrons. The fourth-order valence-corrected chi connectivity index (χ4v) is 2.41. The predicted molar refractivity (Wildman–Crippen MR) is 69.5 cm³/mol. The molecule has 5 heteroatoms. The number of nitrogens with zero attached hydrogens (tertiary/aromatic N) is 1. The van der Waals surface area contributed by atoms with E-state index in [-0.39, 0.29) is 5.91 Å². The zero-order valence-corrected chi connectivity index (χ0v) is 10.8. The summed E-state index contributed by atoms with van der Waals surface area (Å²) in [7, 11) is 0. The molecular formula is C12H11ClN2OS. The SMILES string of the molecule is Cc1ccsc1CNC(=O)c1ccnc(Cl)c1. The lowest BCUT2D eigenvalue weighted by molar-refractivity contribution is 0.0951. The highest BCUT2D eigenvalue weighted by molar-refractivity contribution is 7.10. The first-order valence-electron chi connectivity index (χ1n) is 5.09. The third-order valence-corrected chi connectivity index (χ3v) is 3.60. The van der Waals surface area contributed by atoms with Crippen molar-refractivity contribution in [1.29, 1.82) is 0 Å². The molecule has 0 fully saturated rings. The molecule has 0 aliphatic carbocycles. The number of nitrogens with one attached hydrogen (secondary N) is 1. The molecule has 2 heterocycles. The minimum absolute atomic E-state index is 0.137. The van der Waals surface area contributed by atoms with Crippen molar-refractivity contribution in [3.8, 4) is 0 Å². The van der Waals surface area contributed by atoms with Crippen molar-refractivity contribution in [1.82, 2.24) is 10.3 Å². The van der Waals surface area contributed by atoms with Gasteiger partial charge in [0.25, 0.3) is 5.91 Å². The van der Waals surface area contributed by atoms with Crippen molar-refractivity contribution in [2.24, 2.45) is 0 Å². The number of amides is 1. The molecule has 17 heavy (non-hydrogen) atoms. The van der Waals surface area contributed by atoms with Crippen molar-refractivity contribution < 1.29 is 4.79 Å². The van der Waals surface area contributed by atoms with E-state index in [1.807, 2.05) is 18.4 Å². The quantitative estimate of drug-likeness (QED) is 0.868. The van der Waals surface area contributed by atoms with Gasteiger partial charge in [0.2, 0.25) is 0 Å². The first-order valence-corrected chi connectivity index (χ1v) is 6.35. The molecule has 0 aliphatic rings. The third kappa shape index (κ3) is 3.05. The Morgan fingerprint density at radius 2 is 2.35 bits per heavy atom. The summed E-state index contributed by atoms with van der Waals surface area (Å²) in [6.45, 7) is 2.57. The molecule has 0 spiro atoms. The van der Waals surface area contributed by atoms with Gasteiger partial charge in [-0.1, -0.05) is 11.6 Å². The highest BCUT2D eigenvalue weighted by atomic mass is 35.5. The van der Waals surface area contributed by atoms with Crippen LogP contribution in [0.15, 0.2) is 29.8 Å². The lowest BCUT2D eigenvalue weighted by atomic mass is 10.2. The summed E-state index contributed by atoms with van der Waals surface area (Å²) >= 11 is 7.36. The van der Waals surface area contributed by atoms with Crippen molar-refractivity contribution in [2.75, 3.05) is 0 Å². The summed E-state index contributed by atoms with van der Waals surface area (Å²) in [5, 5.41) is 5.19. The van der Waals surface area contributed by atoms with Crippen LogP contribution in [0.2, 0.25) is 5.15 Å². The van der Waals surface area contributed by atoms with E-state index in [2.05, 4.69) is 10.3 Å². The molecule has 1 amide bonds. The molecule has 0 radical (unpaired) electrons. The monoisotopic (exact) mass is 266 g/mol. The lowest BCUT2D eigenvalue weighted by Crippen LogP contribution is -2.22. The van der Waals surface area contributed by atoms with Gasteiger partial charge >= 0.3 is 0 Å². The van der Waals surface area contributed by atoms with Crippen molar-refractivity contribution in [3.05, 3.63) is 50.9 Å². The van der Waals surface area contributed by atoms with E-state index in [4.69, 9.17) is 11.6 Å². The Bertz CT molecular complexity index is 539. The van der Waals surface area contributed by atoms with Gasteiger partial charge in [-0.05, 0) is 36.1 Å². The number of pyridine rings is 1. The number of thiophene rings is 1. The van der Waals surface area contributed by atoms with Crippen LogP contribution in [0.4, 0.5) is 0 Å². The van der Waals surface area contributed by atoms with E-state index in [9.17, 15) is 4.79 Å². The van der Waals surface area contributed by atoms with Crippen LogP contribution in [0.3, 0.4) is 0 Å². The largest absolute Gasteiger partial charge is 0.347 e. The Kier molecular flexibility index (Phi) is 3.76. The van der Waals surface area contributed by atoms with Gasteiger partial charge in [0, 0.05) is 16.6 Å². The molecule has 0 saturated heterocycles. The molecule has 0 aliphatic heterocycles. The van der Waals surface area contributed by atoms with Crippen molar-refractivity contribution >= 4 is 28.8 Å². The number of carbonyl (C=O) groups excluding carboxylic acids is 1. The highest BCUT2D eigenvalue weighted by Gasteiger charge is 2.07. The summed E-state index contributed by atoms with van der Waals surface area (Å²) in [5.74, 6) is -0.137. The molecule has 0 bridgehead atoms. The summed E-state index contributed by atoms with van der Waals surface area (Å²) in [6.07, 6.45) is 1.52. The van der Waals surface area contributed by atoms with Crippen LogP contribution >= 0.6 is 22.9 Å². The number of rotatable bonds is 3. The molecule has 0 saturated carbocycles. The molecule has 3 nitrogen and oxygen atoms in total. The Labute approximate surface area is 108 Å². The number of aryl methyl sites for hydroxylation is 1. The maximum atomic E-state index is 11.8. The second kappa shape index (κ2) is 5.29. The van der Waals surface area contributed by atoms with Crippen LogP contribution in [0, 0.1) is 6.92 Å². The molecular weight excluding hydrogens is 256 g/mol. The number of aromatic nitrogens is 1. The number of hydrogen-bond donors (Lipinski definition) is 1. The average Bonchev–Trinajstić information content (AvgIpc) is 2.72. The Morgan fingerprint density at radius 3 is 3.00 bits per heavy atom. The standard InChI is InChI=1S/C12H11ClN2OS/c1-8-3-5-17-10(8)7-15-12(16)9-2-4-14-11(13)6-9/h2-6H,7H2,1H3,(H,15,16). The summed E-state index contributed by atoms with van der Waals surface area (Å²) < 4.78 is 0. The smallest absolute Gasteiger partial charge is 0.251 e. The van der Waals surface area contributed by atoms with E-state index >= 15 is 0 Å². The summed E-state index contributed by atoms with van der Waals surface area (Å²) in [5.41, 5.74) is 1.72. The van der Waals surface area contributed by atoms with Crippen LogP contribution in [0.25, 0.3) is 0 Å². The average molecular weight is 267 g/mol. The maximum Gasteiger partial charge on any atom is 0.251 e. The van der Waals surface area contributed by atoms with Crippen LogP contribution in [0.1, 0.15) is 20.8 Å². The van der Waals surface area contributed by atoms with E-state index in [1.54, 1.807) is 23.5 Å². The van der Waals surface area contributed by atoms with E-state index in [0.29, 0.717) is 17.3 Å². The van der Waals surface area contributed by atoms with Gasteiger partial charge in [0.1, 0.15) is 5.15 Å². The van der Waals surface area contributed by atoms with Crippen LogP contribution in [0.5, 0.6) is 0 Å². The highest BCUT2D eigenvalue weighted by Crippen LogP contribution is 2.15. The van der Waals surface area contributed by atoms with Crippen molar-refractivity contribution in [3.63, 3.8) is 0 Å². The fourth-order valence-electron chi connectivity index (χ4n) is 1.39. The molecule has 0 unspecified atom stereocenters. The second-order valence-corrected chi connectivity index (χ2v) is 4.96. The second-order valence-electron chi connectivity index (χ2n) is 3.58. The third-order valence-electron chi connectivity index (χ3n) is 2.37. The minimum Gasteiger partial charge on any atom is -0.347 e. The van der Waals surface area contributed by atoms with Gasteiger partial charge in [-0.25, -0.2) is 4.98 Å². The first kappa shape index (κ1) is 12.1. The van der Waals surface area contributed by atoms with Gasteiger partial charge in [0.15, 0.2) is 0 Å². The lowest BCUT2D eigenvalue weighted by Gasteiger charge is -2.04. The molecule has 2 aromatic rings. The molecule has 0 aromatic carbocycles. The van der Waals surface area contributed by atoms with Gasteiger partial charge in [-0.2, -0.15) is 0 Å². The van der Waals surface area contributed by atoms with E-state index < -0.39 is 0 Å². The predicted octanol–water partition coefficient (Wildman–Crippen LogP) is 3.03. The zero-order valence-electron chi connectivity index (χ0n) is 9.24. The number of halogens is 1. The number of hydrogen-bond acceptors (Lipinski definition) is 3. The molecule has 2 aromatic heterocycles. The zero-order chi connectivity index (χ0) is 12.3. The maximum absolute atomic E-state index is 11.8. The normalized spacial score (nSPS) is 10.2. The molecule has 0 atom stereocenters. The van der Waals surface area contributed by atoms with Gasteiger partial charge < -0.3 is 5.32 Å². The minimum atomic E-state index is -0.137. The van der Waals surface area contributed by atoms with Gasteiger partial charge in [0.05, 0.1) is 6.54 Å². The molecule has 1 N–H and O–H groups in total. The van der Waals surface area contributed by atoms with E-state index in [0.717, 1.165) is 0 Å². The Morgan fingerprint density at radius 1 is 1.53 bits per heavy atom. The number of carbonyl (C=O) groups is 1. The Hall–Kier alpha value is -1.39. The fraction of sp³-hybridized carbons (Fsp3) is 0.167. The van der Waals surface area contributed by atoms with Crippen LogP contribution in [-0.4, -0.2) is 10.9 Å². The van der Waals surface area contributed by atoms with Crippen LogP contribution < -0.4 is 5.32 Å². The van der Waals surface area contributed by atoms with E-state index in [1.165, 1.54) is 16.6 Å². The summed E-state index contributed by atoms with van der Waals surface area (Å²) in [6, 6.07) is 5.23. The summed E-state index contributed by atoms with van der Waals surface area (Å²) in [4.78, 5) is 16.8. The van der Waals surface area contributed by atoms with Gasteiger partial charge in [-0.3, -0.25) is 4.79 Å². The Balaban J connectivity index is 2.01. The van der Waals surface area contributed by atoms with Crippen LogP contribution in [-0.2, 0) is 6.54 Å². The topological polar surface area (TPSA) is 42.0 Å². The first-order chi connectivity index (χ1) is 8.16. The molecule has 2 rings (SSSR count). The van der Waals surface area contributed by atoms with Crippen molar-refractivity contribution in [2.45, 2.75) is 13.5 Å².